The Morgan fingerprint density at radius 1 is 1.30 bits per heavy atom. The first-order valence-electron chi connectivity index (χ1n) is 7.58. The molecule has 0 saturated carbocycles. The molecule has 142 valence electrons. The van der Waals surface area contributed by atoms with Crippen LogP contribution in [0.25, 0.3) is 0 Å². The fraction of sp³-hybridized carbons (Fsp3) is 0.250. The lowest BCUT2D eigenvalue weighted by molar-refractivity contribution is -0.155. The lowest BCUT2D eigenvalue weighted by Gasteiger charge is -2.35. The van der Waals surface area contributed by atoms with Crippen LogP contribution in [0.2, 0.25) is 0 Å². The van der Waals surface area contributed by atoms with Crippen LogP contribution in [0.5, 0.6) is 0 Å². The first-order valence-corrected chi connectivity index (χ1v) is 8.66. The van der Waals surface area contributed by atoms with Crippen molar-refractivity contribution in [2.24, 2.45) is 0 Å². The molecule has 1 aliphatic heterocycles. The predicted molar refractivity (Wildman–Crippen MR) is 94.5 cm³/mol. The van der Waals surface area contributed by atoms with Crippen LogP contribution < -0.4 is 5.32 Å². The SMILES string of the molecule is O=C(CN1C[C@H](C(F)(F)F)c2cc(I)ccc2C1=O)Nc1ncc(F)cn1. The van der Waals surface area contributed by atoms with Gasteiger partial charge in [-0.25, -0.2) is 14.4 Å². The average molecular weight is 494 g/mol. The zero-order valence-corrected chi connectivity index (χ0v) is 15.6. The van der Waals surface area contributed by atoms with Gasteiger partial charge in [-0.2, -0.15) is 13.2 Å². The molecule has 2 aromatic rings. The van der Waals surface area contributed by atoms with Gasteiger partial charge in [-0.1, -0.05) is 0 Å². The molecule has 1 aliphatic rings. The summed E-state index contributed by atoms with van der Waals surface area (Å²) in [4.78, 5) is 32.5. The Bertz CT molecular complexity index is 889. The summed E-state index contributed by atoms with van der Waals surface area (Å²) in [6.45, 7) is -1.29. The molecule has 2 heterocycles. The highest BCUT2D eigenvalue weighted by atomic mass is 127. The van der Waals surface area contributed by atoms with E-state index in [1.807, 2.05) is 22.6 Å². The third-order valence-corrected chi connectivity index (χ3v) is 4.58. The van der Waals surface area contributed by atoms with Crippen molar-refractivity contribution in [3.63, 3.8) is 0 Å². The number of hydrogen-bond acceptors (Lipinski definition) is 4. The Labute approximate surface area is 164 Å². The van der Waals surface area contributed by atoms with Gasteiger partial charge in [0.25, 0.3) is 5.91 Å². The van der Waals surface area contributed by atoms with E-state index in [1.165, 1.54) is 18.2 Å². The number of nitrogens with one attached hydrogen (secondary N) is 1. The lowest BCUT2D eigenvalue weighted by Crippen LogP contribution is -2.47. The highest BCUT2D eigenvalue weighted by Gasteiger charge is 2.47. The van der Waals surface area contributed by atoms with Gasteiger partial charge in [0, 0.05) is 15.7 Å². The van der Waals surface area contributed by atoms with Crippen molar-refractivity contribution < 1.29 is 27.2 Å². The molecule has 0 spiro atoms. The second-order valence-electron chi connectivity index (χ2n) is 5.78. The predicted octanol–water partition coefficient (Wildman–Crippen LogP) is 2.96. The minimum absolute atomic E-state index is 0.0881. The van der Waals surface area contributed by atoms with Gasteiger partial charge in [0.05, 0.1) is 18.3 Å². The third kappa shape index (κ3) is 4.34. The monoisotopic (exact) mass is 494 g/mol. The number of alkyl halides is 3. The first kappa shape index (κ1) is 19.5. The van der Waals surface area contributed by atoms with Crippen LogP contribution in [-0.4, -0.2) is 45.9 Å². The molecule has 27 heavy (non-hydrogen) atoms. The number of halogens is 5. The van der Waals surface area contributed by atoms with E-state index >= 15 is 0 Å². The molecule has 0 fully saturated rings. The molecule has 1 aromatic heterocycles. The van der Waals surface area contributed by atoms with Crippen LogP contribution in [0.4, 0.5) is 23.5 Å². The van der Waals surface area contributed by atoms with Gasteiger partial charge in [0.1, 0.15) is 6.54 Å². The molecule has 0 aliphatic carbocycles. The summed E-state index contributed by atoms with van der Waals surface area (Å²) in [5.41, 5.74) is -0.187. The number of carbonyl (C=O) groups excluding carboxylic acids is 2. The summed E-state index contributed by atoms with van der Waals surface area (Å²) in [6, 6.07) is 4.18. The van der Waals surface area contributed by atoms with Crippen molar-refractivity contribution in [1.29, 1.82) is 0 Å². The number of fused-ring (bicyclic) bond motifs is 1. The summed E-state index contributed by atoms with van der Waals surface area (Å²) in [5.74, 6) is -4.27. The van der Waals surface area contributed by atoms with Crippen LogP contribution in [-0.2, 0) is 4.79 Å². The van der Waals surface area contributed by atoms with Crippen molar-refractivity contribution in [1.82, 2.24) is 14.9 Å². The van der Waals surface area contributed by atoms with Gasteiger partial charge < -0.3 is 4.90 Å². The van der Waals surface area contributed by atoms with E-state index in [0.29, 0.717) is 3.57 Å². The topological polar surface area (TPSA) is 75.2 Å². The van der Waals surface area contributed by atoms with E-state index in [4.69, 9.17) is 0 Å². The number of amides is 2. The Balaban J connectivity index is 1.81. The van der Waals surface area contributed by atoms with Crippen LogP contribution in [0.1, 0.15) is 21.8 Å². The second kappa shape index (κ2) is 7.37. The van der Waals surface area contributed by atoms with Gasteiger partial charge in [0.2, 0.25) is 11.9 Å². The standard InChI is InChI=1S/C16H11F4IN4O2/c17-8-4-22-15(23-5-8)24-13(26)7-25-6-12(16(18,19)20)11-3-9(21)1-2-10(11)14(25)27/h1-5,12H,6-7H2,(H,22,23,24,26)/t12-/m0/s1. The van der Waals surface area contributed by atoms with Gasteiger partial charge in [-0.3, -0.25) is 14.9 Å². The molecule has 0 radical (unpaired) electrons. The van der Waals surface area contributed by atoms with E-state index in [0.717, 1.165) is 17.3 Å². The minimum atomic E-state index is -4.57. The van der Waals surface area contributed by atoms with Gasteiger partial charge in [-0.05, 0) is 46.4 Å². The van der Waals surface area contributed by atoms with E-state index in [-0.39, 0.29) is 17.1 Å². The smallest absolute Gasteiger partial charge is 0.328 e. The molecule has 0 unspecified atom stereocenters. The van der Waals surface area contributed by atoms with Crippen molar-refractivity contribution >= 4 is 40.4 Å². The molecule has 0 saturated heterocycles. The zero-order chi connectivity index (χ0) is 19.8. The first-order chi connectivity index (χ1) is 12.6. The fourth-order valence-corrected chi connectivity index (χ4v) is 3.23. The summed E-state index contributed by atoms with van der Waals surface area (Å²) >= 11 is 1.87. The summed E-state index contributed by atoms with van der Waals surface area (Å²) in [6.07, 6.45) is -2.92. The van der Waals surface area contributed by atoms with E-state index in [9.17, 15) is 27.2 Å². The highest BCUT2D eigenvalue weighted by molar-refractivity contribution is 14.1. The quantitative estimate of drug-likeness (QED) is 0.526. The maximum atomic E-state index is 13.5. The second-order valence-corrected chi connectivity index (χ2v) is 7.03. The van der Waals surface area contributed by atoms with E-state index in [2.05, 4.69) is 15.3 Å². The lowest BCUT2D eigenvalue weighted by atomic mass is 9.88. The fourth-order valence-electron chi connectivity index (χ4n) is 2.72. The largest absolute Gasteiger partial charge is 0.397 e. The van der Waals surface area contributed by atoms with Gasteiger partial charge >= 0.3 is 6.18 Å². The van der Waals surface area contributed by atoms with Crippen molar-refractivity contribution in [2.45, 2.75) is 12.1 Å². The van der Waals surface area contributed by atoms with E-state index in [1.54, 1.807) is 0 Å². The minimum Gasteiger partial charge on any atom is -0.328 e. The maximum Gasteiger partial charge on any atom is 0.397 e. The van der Waals surface area contributed by atoms with Crippen molar-refractivity contribution in [2.75, 3.05) is 18.4 Å². The molecule has 3 rings (SSSR count). The number of rotatable bonds is 3. The zero-order valence-electron chi connectivity index (χ0n) is 13.4. The number of benzene rings is 1. The highest BCUT2D eigenvalue weighted by Crippen LogP contribution is 2.40. The summed E-state index contributed by atoms with van der Waals surface area (Å²) in [5, 5.41) is 2.22. The van der Waals surface area contributed by atoms with Crippen molar-refractivity contribution in [3.05, 3.63) is 51.1 Å². The average Bonchev–Trinajstić information content (AvgIpc) is 2.58. The molecular weight excluding hydrogens is 483 g/mol. The number of carbonyl (C=O) groups is 2. The number of nitrogens with zero attached hydrogens (tertiary/aromatic N) is 3. The molecule has 0 bridgehead atoms. The van der Waals surface area contributed by atoms with Crippen LogP contribution >= 0.6 is 22.6 Å². The van der Waals surface area contributed by atoms with Gasteiger partial charge in [0.15, 0.2) is 5.82 Å². The Hall–Kier alpha value is -2.31. The molecule has 11 heteroatoms. The van der Waals surface area contributed by atoms with Crippen LogP contribution in [0.15, 0.2) is 30.6 Å². The summed E-state index contributed by atoms with van der Waals surface area (Å²) in [7, 11) is 0. The Morgan fingerprint density at radius 3 is 2.59 bits per heavy atom. The van der Waals surface area contributed by atoms with Crippen LogP contribution in [0.3, 0.4) is 0 Å². The molecular formula is C16H11F4IN4O2. The number of anilines is 1. The molecule has 1 atom stereocenters. The maximum absolute atomic E-state index is 13.5. The normalized spacial score (nSPS) is 16.9. The third-order valence-electron chi connectivity index (χ3n) is 3.91. The number of aromatic nitrogens is 2. The molecule has 6 nitrogen and oxygen atoms in total. The van der Waals surface area contributed by atoms with Crippen molar-refractivity contribution in [3.8, 4) is 0 Å². The molecule has 1 N–H and O–H groups in total. The van der Waals surface area contributed by atoms with E-state index < -0.39 is 42.8 Å². The molecule has 2 amide bonds. The Kier molecular flexibility index (Phi) is 5.31. The van der Waals surface area contributed by atoms with Gasteiger partial charge in [-0.15, -0.1) is 0 Å². The van der Waals surface area contributed by atoms with Crippen LogP contribution in [0, 0.1) is 9.39 Å². The summed E-state index contributed by atoms with van der Waals surface area (Å²) < 4.78 is 53.8. The number of hydrogen-bond donors (Lipinski definition) is 1. The Morgan fingerprint density at radius 2 is 1.96 bits per heavy atom. The molecule has 1 aromatic carbocycles.